The number of hydrogen-bond donors (Lipinski definition) is 2. The molecule has 0 aromatic heterocycles. The highest BCUT2D eigenvalue weighted by atomic mass is 79.9. The molecule has 0 aliphatic heterocycles. The van der Waals surface area contributed by atoms with Gasteiger partial charge in [-0.25, -0.2) is 0 Å². The molecule has 1 aliphatic rings. The molecule has 1 aromatic carbocycles. The summed E-state index contributed by atoms with van der Waals surface area (Å²) < 4.78 is 1.10. The molecule has 100 valence electrons. The van der Waals surface area contributed by atoms with Crippen LogP contribution in [0.2, 0.25) is 0 Å². The van der Waals surface area contributed by atoms with E-state index in [1.807, 2.05) is 19.9 Å². The molecular weight excluding hydrogens is 290 g/mol. The number of halogens is 1. The summed E-state index contributed by atoms with van der Waals surface area (Å²) in [7, 11) is 0. The van der Waals surface area contributed by atoms with Crippen molar-refractivity contribution in [3.8, 4) is 5.75 Å². The maximum absolute atomic E-state index is 10.2. The molecule has 3 heteroatoms. The summed E-state index contributed by atoms with van der Waals surface area (Å²) in [6.45, 7) is 4.61. The molecule has 0 radical (unpaired) electrons. The van der Waals surface area contributed by atoms with E-state index in [1.165, 1.54) is 24.8 Å². The number of hydrogen-bond acceptors (Lipinski definition) is 2. The van der Waals surface area contributed by atoms with Crippen molar-refractivity contribution >= 4 is 15.9 Å². The van der Waals surface area contributed by atoms with Gasteiger partial charge in [0.15, 0.2) is 0 Å². The first-order valence-electron chi connectivity index (χ1n) is 6.71. The smallest absolute Gasteiger partial charge is 0.121 e. The van der Waals surface area contributed by atoms with Gasteiger partial charge in [-0.15, -0.1) is 0 Å². The standard InChI is InChI=1S/C15H22BrNO/c1-10-8-12(16)13(11(2)14(10)18)15(9-17)6-4-3-5-7-15/h8,18H,3-7,9,17H2,1-2H3. The van der Waals surface area contributed by atoms with Gasteiger partial charge in [0, 0.05) is 16.4 Å². The first-order valence-corrected chi connectivity index (χ1v) is 7.50. The monoisotopic (exact) mass is 311 g/mol. The van der Waals surface area contributed by atoms with Crippen molar-refractivity contribution in [2.24, 2.45) is 5.73 Å². The quantitative estimate of drug-likeness (QED) is 0.869. The largest absolute Gasteiger partial charge is 0.507 e. The van der Waals surface area contributed by atoms with Crippen molar-refractivity contribution in [1.82, 2.24) is 0 Å². The van der Waals surface area contributed by atoms with Crippen molar-refractivity contribution in [2.45, 2.75) is 51.4 Å². The van der Waals surface area contributed by atoms with Gasteiger partial charge in [-0.1, -0.05) is 35.2 Å². The van der Waals surface area contributed by atoms with Crippen LogP contribution in [0.5, 0.6) is 5.75 Å². The summed E-state index contributed by atoms with van der Waals surface area (Å²) >= 11 is 3.68. The molecule has 18 heavy (non-hydrogen) atoms. The van der Waals surface area contributed by atoms with Crippen molar-refractivity contribution in [3.05, 3.63) is 27.2 Å². The van der Waals surface area contributed by atoms with Crippen LogP contribution in [0.15, 0.2) is 10.5 Å². The molecule has 1 aliphatic carbocycles. The Morgan fingerprint density at radius 2 is 1.89 bits per heavy atom. The van der Waals surface area contributed by atoms with E-state index in [2.05, 4.69) is 15.9 Å². The Balaban J connectivity index is 2.58. The van der Waals surface area contributed by atoms with Gasteiger partial charge in [-0.3, -0.25) is 0 Å². The minimum atomic E-state index is 0.0480. The summed E-state index contributed by atoms with van der Waals surface area (Å²) in [5, 5.41) is 10.2. The van der Waals surface area contributed by atoms with Crippen molar-refractivity contribution in [3.63, 3.8) is 0 Å². The fourth-order valence-electron chi connectivity index (χ4n) is 3.36. The van der Waals surface area contributed by atoms with E-state index in [9.17, 15) is 5.11 Å². The Bertz CT molecular complexity index is 450. The number of aromatic hydroxyl groups is 1. The van der Waals surface area contributed by atoms with E-state index in [1.54, 1.807) is 0 Å². The van der Waals surface area contributed by atoms with Gasteiger partial charge < -0.3 is 10.8 Å². The van der Waals surface area contributed by atoms with Crippen LogP contribution in [-0.4, -0.2) is 11.7 Å². The summed E-state index contributed by atoms with van der Waals surface area (Å²) in [6.07, 6.45) is 6.03. The van der Waals surface area contributed by atoms with Crippen LogP contribution in [0.1, 0.15) is 48.8 Å². The van der Waals surface area contributed by atoms with Crippen LogP contribution < -0.4 is 5.73 Å². The first kappa shape index (κ1) is 13.9. The van der Waals surface area contributed by atoms with Crippen LogP contribution in [-0.2, 0) is 5.41 Å². The molecule has 2 nitrogen and oxygen atoms in total. The topological polar surface area (TPSA) is 46.2 Å². The van der Waals surface area contributed by atoms with Gasteiger partial charge in [0.1, 0.15) is 5.75 Å². The van der Waals surface area contributed by atoms with Crippen molar-refractivity contribution < 1.29 is 5.11 Å². The van der Waals surface area contributed by atoms with E-state index in [-0.39, 0.29) is 5.41 Å². The van der Waals surface area contributed by atoms with E-state index in [4.69, 9.17) is 5.73 Å². The number of rotatable bonds is 2. The maximum atomic E-state index is 10.2. The molecule has 1 fully saturated rings. The average Bonchev–Trinajstić information content (AvgIpc) is 2.37. The van der Waals surface area contributed by atoms with E-state index >= 15 is 0 Å². The summed E-state index contributed by atoms with van der Waals surface area (Å²) in [6, 6.07) is 2.02. The van der Waals surface area contributed by atoms with Gasteiger partial charge in [0.25, 0.3) is 0 Å². The third-order valence-corrected chi connectivity index (χ3v) is 5.04. The molecule has 1 saturated carbocycles. The molecule has 1 aromatic rings. The van der Waals surface area contributed by atoms with Crippen molar-refractivity contribution in [1.29, 1.82) is 0 Å². The minimum absolute atomic E-state index is 0.0480. The van der Waals surface area contributed by atoms with Crippen LogP contribution >= 0.6 is 15.9 Å². The summed E-state index contributed by atoms with van der Waals surface area (Å²) in [5.74, 6) is 0.423. The second kappa shape index (κ2) is 5.22. The van der Waals surface area contributed by atoms with Crippen LogP contribution in [0.3, 0.4) is 0 Å². The van der Waals surface area contributed by atoms with E-state index < -0.39 is 0 Å². The highest BCUT2D eigenvalue weighted by Crippen LogP contribution is 2.45. The lowest BCUT2D eigenvalue weighted by atomic mass is 9.68. The van der Waals surface area contributed by atoms with Gasteiger partial charge in [0.2, 0.25) is 0 Å². The highest BCUT2D eigenvalue weighted by Gasteiger charge is 2.36. The zero-order valence-electron chi connectivity index (χ0n) is 11.2. The molecule has 0 unspecified atom stereocenters. The average molecular weight is 312 g/mol. The number of phenolic OH excluding ortho intramolecular Hbond substituents is 1. The lowest BCUT2D eigenvalue weighted by Crippen LogP contribution is -2.38. The summed E-state index contributed by atoms with van der Waals surface area (Å²) in [4.78, 5) is 0. The lowest BCUT2D eigenvalue weighted by molar-refractivity contribution is 0.297. The predicted octanol–water partition coefficient (Wildman–Crippen LogP) is 3.93. The van der Waals surface area contributed by atoms with E-state index in [0.717, 1.165) is 28.4 Å². The Hall–Kier alpha value is -0.540. The number of phenols is 1. The second-order valence-electron chi connectivity index (χ2n) is 5.57. The number of benzene rings is 1. The Kier molecular flexibility index (Phi) is 4.02. The third kappa shape index (κ3) is 2.19. The van der Waals surface area contributed by atoms with Crippen LogP contribution in [0.4, 0.5) is 0 Å². The van der Waals surface area contributed by atoms with Gasteiger partial charge in [0.05, 0.1) is 0 Å². The Morgan fingerprint density at radius 1 is 1.28 bits per heavy atom. The second-order valence-corrected chi connectivity index (χ2v) is 6.42. The predicted molar refractivity (Wildman–Crippen MR) is 79.1 cm³/mol. The Labute approximate surface area is 118 Å². The molecule has 2 rings (SSSR count). The molecule has 0 saturated heterocycles. The zero-order valence-corrected chi connectivity index (χ0v) is 12.8. The normalized spacial score (nSPS) is 18.9. The minimum Gasteiger partial charge on any atom is -0.507 e. The number of nitrogens with two attached hydrogens (primary N) is 1. The highest BCUT2D eigenvalue weighted by molar-refractivity contribution is 9.10. The molecule has 0 heterocycles. The molecule has 0 atom stereocenters. The first-order chi connectivity index (χ1) is 8.52. The fraction of sp³-hybridized carbons (Fsp3) is 0.600. The SMILES string of the molecule is Cc1cc(Br)c(C2(CN)CCCCC2)c(C)c1O. The number of aryl methyl sites for hydroxylation is 1. The van der Waals surface area contributed by atoms with E-state index in [0.29, 0.717) is 12.3 Å². The lowest BCUT2D eigenvalue weighted by Gasteiger charge is -2.39. The fourth-order valence-corrected chi connectivity index (χ4v) is 4.42. The molecule has 3 N–H and O–H groups in total. The van der Waals surface area contributed by atoms with Crippen LogP contribution in [0.25, 0.3) is 0 Å². The zero-order chi connectivity index (χ0) is 13.3. The van der Waals surface area contributed by atoms with Gasteiger partial charge in [-0.05, 0) is 49.4 Å². The molecule has 0 spiro atoms. The van der Waals surface area contributed by atoms with Gasteiger partial charge in [-0.2, -0.15) is 0 Å². The third-order valence-electron chi connectivity index (χ3n) is 4.42. The van der Waals surface area contributed by atoms with Gasteiger partial charge >= 0.3 is 0 Å². The molecular formula is C15H22BrNO. The van der Waals surface area contributed by atoms with Crippen LogP contribution in [0, 0.1) is 13.8 Å². The van der Waals surface area contributed by atoms with Crippen molar-refractivity contribution in [2.75, 3.05) is 6.54 Å². The Morgan fingerprint density at radius 3 is 2.44 bits per heavy atom. The molecule has 0 amide bonds. The summed E-state index contributed by atoms with van der Waals surface area (Å²) in [5.41, 5.74) is 9.29. The molecule has 0 bridgehead atoms. The maximum Gasteiger partial charge on any atom is 0.121 e.